The van der Waals surface area contributed by atoms with Gasteiger partial charge in [0, 0.05) is 24.3 Å². The van der Waals surface area contributed by atoms with Crippen LogP contribution in [0.1, 0.15) is 24.8 Å². The fourth-order valence-corrected chi connectivity index (χ4v) is 4.59. The van der Waals surface area contributed by atoms with E-state index >= 15 is 0 Å². The maximum atomic E-state index is 13.2. The number of quaternary nitrogens is 2. The van der Waals surface area contributed by atoms with Gasteiger partial charge in [-0.1, -0.05) is 0 Å². The molecule has 7 heteroatoms. The molecule has 6 nitrogen and oxygen atoms in total. The van der Waals surface area contributed by atoms with Gasteiger partial charge in [-0.15, -0.1) is 0 Å². The smallest absolute Gasteiger partial charge is 0.292 e. The molecule has 2 saturated heterocycles. The number of nitrogens with two attached hydrogens (primary N) is 1. The van der Waals surface area contributed by atoms with Crippen molar-refractivity contribution >= 4 is 17.5 Å². The maximum Gasteiger partial charge on any atom is 0.292 e. The summed E-state index contributed by atoms with van der Waals surface area (Å²) in [5.74, 6) is 0.649. The van der Waals surface area contributed by atoms with Crippen LogP contribution in [-0.4, -0.2) is 44.6 Å². The summed E-state index contributed by atoms with van der Waals surface area (Å²) in [7, 11) is 1.68. The molecule has 31 heavy (non-hydrogen) atoms. The lowest BCUT2D eigenvalue weighted by molar-refractivity contribution is -0.920. The van der Waals surface area contributed by atoms with E-state index in [1.165, 1.54) is 34.7 Å². The lowest BCUT2D eigenvalue weighted by Gasteiger charge is -2.29. The molecule has 2 aromatic rings. The monoisotopic (exact) mass is 427 g/mol. The van der Waals surface area contributed by atoms with Gasteiger partial charge < -0.3 is 15.0 Å². The molecule has 2 heterocycles. The SMILES string of the molecule is COc1ccc(C[NH+]2CCC(C[NH2+][C@@H]3CC(=O)N(c4ccc(F)cc4)C3=O)CC2)cc1. The molecule has 164 valence electrons. The van der Waals surface area contributed by atoms with E-state index in [9.17, 15) is 14.0 Å². The zero-order chi connectivity index (χ0) is 21.8. The Kier molecular flexibility index (Phi) is 6.63. The first-order valence-corrected chi connectivity index (χ1v) is 11.0. The van der Waals surface area contributed by atoms with Crippen molar-refractivity contribution in [3.63, 3.8) is 0 Å². The number of carbonyl (C=O) groups is 2. The fraction of sp³-hybridized carbons (Fsp3) is 0.417. The molecule has 4 rings (SSSR count). The zero-order valence-corrected chi connectivity index (χ0v) is 17.9. The van der Waals surface area contributed by atoms with Crippen molar-refractivity contribution in [2.24, 2.45) is 5.92 Å². The Bertz CT molecular complexity index is 909. The highest BCUT2D eigenvalue weighted by Gasteiger charge is 2.42. The van der Waals surface area contributed by atoms with E-state index in [0.29, 0.717) is 11.6 Å². The second-order valence-corrected chi connectivity index (χ2v) is 8.54. The van der Waals surface area contributed by atoms with Crippen LogP contribution in [0.5, 0.6) is 5.75 Å². The van der Waals surface area contributed by atoms with Gasteiger partial charge in [-0.05, 0) is 48.5 Å². The van der Waals surface area contributed by atoms with Crippen molar-refractivity contribution in [1.82, 2.24) is 0 Å². The molecule has 2 aliphatic rings. The van der Waals surface area contributed by atoms with Crippen molar-refractivity contribution in [2.75, 3.05) is 31.6 Å². The Balaban J connectivity index is 1.23. The normalized spacial score (nSPS) is 23.9. The Hall–Kier alpha value is -2.77. The molecule has 0 saturated carbocycles. The number of halogens is 1. The molecule has 0 bridgehead atoms. The zero-order valence-electron chi connectivity index (χ0n) is 17.9. The average molecular weight is 428 g/mol. The van der Waals surface area contributed by atoms with Gasteiger partial charge in [-0.3, -0.25) is 9.59 Å². The minimum Gasteiger partial charge on any atom is -0.497 e. The number of nitrogens with zero attached hydrogens (tertiary/aromatic N) is 1. The maximum absolute atomic E-state index is 13.2. The van der Waals surface area contributed by atoms with E-state index in [1.807, 2.05) is 17.4 Å². The third-order valence-corrected chi connectivity index (χ3v) is 6.45. The van der Waals surface area contributed by atoms with E-state index in [-0.39, 0.29) is 30.1 Å². The first-order chi connectivity index (χ1) is 15.0. The van der Waals surface area contributed by atoms with Crippen molar-refractivity contribution in [2.45, 2.75) is 31.8 Å². The standard InChI is InChI=1S/C24H28FN3O3/c1-31-21-8-2-18(3-9-21)16-27-12-10-17(11-13-27)15-26-22-14-23(29)28(24(22)30)20-6-4-19(25)5-7-20/h2-9,17,22,26H,10-16H2,1H3/p+2/t22-/m1/s1. The number of piperidine rings is 1. The van der Waals surface area contributed by atoms with Crippen LogP contribution in [0.25, 0.3) is 0 Å². The van der Waals surface area contributed by atoms with Gasteiger partial charge in [0.2, 0.25) is 5.91 Å². The van der Waals surface area contributed by atoms with Gasteiger partial charge in [-0.25, -0.2) is 9.29 Å². The Morgan fingerprint density at radius 3 is 2.39 bits per heavy atom. The highest BCUT2D eigenvalue weighted by atomic mass is 19.1. The topological polar surface area (TPSA) is 67.7 Å². The third-order valence-electron chi connectivity index (χ3n) is 6.45. The Labute approximate surface area is 182 Å². The molecular formula is C24H30FN3O3+2. The molecule has 2 amide bonds. The molecule has 2 fully saturated rings. The van der Waals surface area contributed by atoms with E-state index in [2.05, 4.69) is 12.1 Å². The number of rotatable bonds is 7. The van der Waals surface area contributed by atoms with E-state index in [1.54, 1.807) is 12.0 Å². The number of imide groups is 1. The van der Waals surface area contributed by atoms with Crippen LogP contribution in [0.4, 0.5) is 10.1 Å². The fourth-order valence-electron chi connectivity index (χ4n) is 4.59. The van der Waals surface area contributed by atoms with Crippen molar-refractivity contribution in [3.8, 4) is 5.75 Å². The van der Waals surface area contributed by atoms with Gasteiger partial charge in [0.05, 0.1) is 38.9 Å². The summed E-state index contributed by atoms with van der Waals surface area (Å²) in [5, 5.41) is 2.03. The summed E-state index contributed by atoms with van der Waals surface area (Å²) in [6.07, 6.45) is 2.45. The second kappa shape index (κ2) is 9.58. The molecular weight excluding hydrogens is 397 g/mol. The number of methoxy groups -OCH3 is 1. The minimum absolute atomic E-state index is 0.195. The highest BCUT2D eigenvalue weighted by molar-refractivity contribution is 6.21. The van der Waals surface area contributed by atoms with E-state index in [4.69, 9.17) is 4.74 Å². The largest absolute Gasteiger partial charge is 0.497 e. The van der Waals surface area contributed by atoms with Crippen LogP contribution in [0.3, 0.4) is 0 Å². The number of benzene rings is 2. The minimum atomic E-state index is -0.383. The van der Waals surface area contributed by atoms with Crippen LogP contribution < -0.4 is 19.9 Å². The quantitative estimate of drug-likeness (QED) is 0.634. The lowest BCUT2D eigenvalue weighted by Crippen LogP contribution is -3.12. The number of likely N-dealkylation sites (tertiary alicyclic amines) is 1. The number of hydrogen-bond acceptors (Lipinski definition) is 3. The second-order valence-electron chi connectivity index (χ2n) is 8.54. The number of carbonyl (C=O) groups excluding carboxylic acids is 2. The first-order valence-electron chi connectivity index (χ1n) is 11.0. The molecule has 0 aliphatic carbocycles. The van der Waals surface area contributed by atoms with Crippen LogP contribution in [0.2, 0.25) is 0 Å². The number of amides is 2. The number of hydrogen-bond donors (Lipinski definition) is 2. The van der Waals surface area contributed by atoms with Gasteiger partial charge in [0.25, 0.3) is 5.91 Å². The van der Waals surface area contributed by atoms with Crippen molar-refractivity contribution in [3.05, 3.63) is 59.9 Å². The Morgan fingerprint density at radius 2 is 1.74 bits per heavy atom. The summed E-state index contributed by atoms with van der Waals surface area (Å²) in [6.45, 7) is 4.10. The highest BCUT2D eigenvalue weighted by Crippen LogP contribution is 2.22. The molecule has 2 aliphatic heterocycles. The summed E-state index contributed by atoms with van der Waals surface area (Å²) >= 11 is 0. The van der Waals surface area contributed by atoms with Gasteiger partial charge in [0.15, 0.2) is 6.04 Å². The van der Waals surface area contributed by atoms with E-state index in [0.717, 1.165) is 44.8 Å². The van der Waals surface area contributed by atoms with E-state index < -0.39 is 0 Å². The summed E-state index contributed by atoms with van der Waals surface area (Å²) in [6, 6.07) is 13.4. The van der Waals surface area contributed by atoms with Gasteiger partial charge in [-0.2, -0.15) is 0 Å². The molecule has 2 aromatic carbocycles. The molecule has 0 radical (unpaired) electrons. The molecule has 0 unspecified atom stereocenters. The third kappa shape index (κ3) is 5.11. The lowest BCUT2D eigenvalue weighted by atomic mass is 9.96. The van der Waals surface area contributed by atoms with Crippen LogP contribution in [0.15, 0.2) is 48.5 Å². The number of ether oxygens (including phenoxy) is 1. The van der Waals surface area contributed by atoms with Crippen LogP contribution in [0, 0.1) is 11.7 Å². The predicted octanol–water partition coefficient (Wildman–Crippen LogP) is 0.525. The van der Waals surface area contributed by atoms with Gasteiger partial charge in [0.1, 0.15) is 18.1 Å². The summed E-state index contributed by atoms with van der Waals surface area (Å²) in [4.78, 5) is 27.9. The predicted molar refractivity (Wildman–Crippen MR) is 114 cm³/mol. The van der Waals surface area contributed by atoms with Crippen LogP contribution in [-0.2, 0) is 16.1 Å². The molecule has 0 spiro atoms. The number of anilines is 1. The van der Waals surface area contributed by atoms with Crippen LogP contribution >= 0.6 is 0 Å². The Morgan fingerprint density at radius 1 is 1.06 bits per heavy atom. The molecule has 3 N–H and O–H groups in total. The number of nitrogens with one attached hydrogen (secondary N) is 1. The summed E-state index contributed by atoms with van der Waals surface area (Å²) < 4.78 is 18.4. The molecule has 1 atom stereocenters. The summed E-state index contributed by atoms with van der Waals surface area (Å²) in [5.41, 5.74) is 1.76. The molecule has 0 aromatic heterocycles. The average Bonchev–Trinajstić information content (AvgIpc) is 3.07. The van der Waals surface area contributed by atoms with Crippen molar-refractivity contribution in [1.29, 1.82) is 0 Å². The van der Waals surface area contributed by atoms with Gasteiger partial charge >= 0.3 is 0 Å². The van der Waals surface area contributed by atoms with Crippen molar-refractivity contribution < 1.29 is 28.9 Å². The first kappa shape index (κ1) is 21.5.